The Bertz CT molecular complexity index is 1200. The molecule has 0 radical (unpaired) electrons. The highest BCUT2D eigenvalue weighted by molar-refractivity contribution is 6.00. The highest BCUT2D eigenvalue weighted by atomic mass is 16.1. The molecule has 31 heavy (non-hydrogen) atoms. The van der Waals surface area contributed by atoms with Gasteiger partial charge in [0, 0.05) is 23.5 Å². The van der Waals surface area contributed by atoms with Gasteiger partial charge in [-0.15, -0.1) is 0 Å². The second-order valence-electron chi connectivity index (χ2n) is 7.40. The number of aromatic nitrogens is 4. The Balaban J connectivity index is 1.57. The Morgan fingerprint density at radius 2 is 2.06 bits per heavy atom. The Kier molecular flexibility index (Phi) is 5.59. The van der Waals surface area contributed by atoms with Crippen molar-refractivity contribution in [3.8, 4) is 23.4 Å². The molecule has 4 rings (SSSR count). The number of amides is 1. The van der Waals surface area contributed by atoms with Gasteiger partial charge in [-0.3, -0.25) is 9.48 Å². The fraction of sp³-hybridized carbons (Fsp3) is 0.273. The van der Waals surface area contributed by atoms with Crippen LogP contribution in [0, 0.1) is 35.5 Å². The van der Waals surface area contributed by atoms with E-state index in [0.717, 1.165) is 24.1 Å². The number of nitrogens with one attached hydrogen (secondary N) is 2. The molecule has 0 spiro atoms. The first kappa shape index (κ1) is 20.0. The van der Waals surface area contributed by atoms with Crippen molar-refractivity contribution in [2.75, 3.05) is 11.9 Å². The molecule has 1 saturated carbocycles. The molecular formula is C22H20N8O. The second-order valence-corrected chi connectivity index (χ2v) is 7.40. The molecule has 0 atom stereocenters. The lowest BCUT2D eigenvalue weighted by molar-refractivity contribution is 0.0959. The highest BCUT2D eigenvalue weighted by Crippen LogP contribution is 2.37. The van der Waals surface area contributed by atoms with Gasteiger partial charge in [0.1, 0.15) is 6.54 Å². The van der Waals surface area contributed by atoms with Crippen LogP contribution in [-0.4, -0.2) is 32.2 Å². The molecule has 2 aromatic heterocycles. The standard InChI is InChI=1S/C22H20N8O/c1-14-11-26-22(28-16-12-27-30(13-16)17-8-15(9-17)10-24)29-20(14)18-4-2-3-5-19(18)21(31)25-7-6-23/h2-5,11-13,15,17H,7-9H2,1H3,(H,25,31)(H,26,28,29). The van der Waals surface area contributed by atoms with Gasteiger partial charge in [-0.25, -0.2) is 9.97 Å². The molecule has 0 aliphatic heterocycles. The maximum atomic E-state index is 12.5. The molecule has 9 heteroatoms. The van der Waals surface area contributed by atoms with Gasteiger partial charge in [0.2, 0.25) is 5.95 Å². The molecule has 1 aromatic carbocycles. The maximum Gasteiger partial charge on any atom is 0.252 e. The van der Waals surface area contributed by atoms with Crippen LogP contribution >= 0.6 is 0 Å². The molecule has 0 unspecified atom stereocenters. The third kappa shape index (κ3) is 4.21. The molecule has 1 aliphatic rings. The molecule has 1 fully saturated rings. The Hall–Kier alpha value is -4.24. The first-order valence-electron chi connectivity index (χ1n) is 9.88. The average molecular weight is 412 g/mol. The van der Waals surface area contributed by atoms with Crippen LogP contribution in [0.25, 0.3) is 11.3 Å². The van der Waals surface area contributed by atoms with E-state index in [9.17, 15) is 4.79 Å². The van der Waals surface area contributed by atoms with Crippen LogP contribution in [0.1, 0.15) is 34.8 Å². The van der Waals surface area contributed by atoms with Gasteiger partial charge in [-0.05, 0) is 31.4 Å². The van der Waals surface area contributed by atoms with E-state index in [0.29, 0.717) is 22.8 Å². The van der Waals surface area contributed by atoms with Crippen LogP contribution in [-0.2, 0) is 0 Å². The van der Waals surface area contributed by atoms with Gasteiger partial charge in [0.25, 0.3) is 5.91 Å². The quantitative estimate of drug-likeness (QED) is 0.594. The zero-order chi connectivity index (χ0) is 21.8. The lowest BCUT2D eigenvalue weighted by atomic mass is 9.81. The number of nitrogens with zero attached hydrogens (tertiary/aromatic N) is 6. The van der Waals surface area contributed by atoms with E-state index >= 15 is 0 Å². The number of anilines is 2. The number of rotatable bonds is 6. The van der Waals surface area contributed by atoms with E-state index in [1.54, 1.807) is 24.5 Å². The molecule has 9 nitrogen and oxygen atoms in total. The summed E-state index contributed by atoms with van der Waals surface area (Å²) < 4.78 is 1.86. The van der Waals surface area contributed by atoms with Crippen molar-refractivity contribution in [3.05, 3.63) is 54.0 Å². The lowest BCUT2D eigenvalue weighted by Gasteiger charge is -2.30. The van der Waals surface area contributed by atoms with Crippen LogP contribution in [0.2, 0.25) is 0 Å². The fourth-order valence-corrected chi connectivity index (χ4v) is 3.52. The van der Waals surface area contributed by atoms with Crippen molar-refractivity contribution >= 4 is 17.5 Å². The van der Waals surface area contributed by atoms with E-state index in [1.165, 1.54) is 0 Å². The summed E-state index contributed by atoms with van der Waals surface area (Å²) in [6, 6.07) is 11.6. The molecule has 1 amide bonds. The van der Waals surface area contributed by atoms with Crippen molar-refractivity contribution in [1.29, 1.82) is 10.5 Å². The van der Waals surface area contributed by atoms with Crippen LogP contribution in [0.5, 0.6) is 0 Å². The van der Waals surface area contributed by atoms with E-state index in [2.05, 4.69) is 31.8 Å². The SMILES string of the molecule is Cc1cnc(Nc2cnn(C3CC(C#N)C3)c2)nc1-c1ccccc1C(=O)NCC#N. The largest absolute Gasteiger partial charge is 0.339 e. The first-order valence-corrected chi connectivity index (χ1v) is 9.88. The number of benzene rings is 1. The summed E-state index contributed by atoms with van der Waals surface area (Å²) in [5.41, 5.74) is 3.29. The van der Waals surface area contributed by atoms with Crippen molar-refractivity contribution in [2.24, 2.45) is 5.92 Å². The zero-order valence-corrected chi connectivity index (χ0v) is 16.9. The number of hydrogen-bond donors (Lipinski definition) is 2. The monoisotopic (exact) mass is 412 g/mol. The fourth-order valence-electron chi connectivity index (χ4n) is 3.52. The third-order valence-corrected chi connectivity index (χ3v) is 5.25. The molecule has 0 saturated heterocycles. The molecular weight excluding hydrogens is 392 g/mol. The topological polar surface area (TPSA) is 132 Å². The number of hydrogen-bond acceptors (Lipinski definition) is 7. The summed E-state index contributed by atoms with van der Waals surface area (Å²) in [5.74, 6) is 0.164. The normalized spacial score (nSPS) is 17.1. The first-order chi connectivity index (χ1) is 15.1. The summed E-state index contributed by atoms with van der Waals surface area (Å²) >= 11 is 0. The van der Waals surface area contributed by atoms with Crippen molar-refractivity contribution < 1.29 is 4.79 Å². The van der Waals surface area contributed by atoms with Gasteiger partial charge >= 0.3 is 0 Å². The summed E-state index contributed by atoms with van der Waals surface area (Å²) in [4.78, 5) is 21.5. The molecule has 2 N–H and O–H groups in total. The van der Waals surface area contributed by atoms with Crippen LogP contribution in [0.4, 0.5) is 11.6 Å². The number of carbonyl (C=O) groups excluding carboxylic acids is 1. The molecule has 0 bridgehead atoms. The van der Waals surface area contributed by atoms with Gasteiger partial charge in [0.05, 0.1) is 41.7 Å². The van der Waals surface area contributed by atoms with E-state index < -0.39 is 0 Å². The summed E-state index contributed by atoms with van der Waals surface area (Å²) in [5, 5.41) is 27.8. The van der Waals surface area contributed by atoms with E-state index in [-0.39, 0.29) is 24.4 Å². The minimum absolute atomic E-state index is 0.0666. The van der Waals surface area contributed by atoms with Crippen molar-refractivity contribution in [3.63, 3.8) is 0 Å². The zero-order valence-electron chi connectivity index (χ0n) is 16.9. The van der Waals surface area contributed by atoms with Gasteiger partial charge in [-0.2, -0.15) is 15.6 Å². The smallest absolute Gasteiger partial charge is 0.252 e. The summed E-state index contributed by atoms with van der Waals surface area (Å²) in [6.07, 6.45) is 6.90. The van der Waals surface area contributed by atoms with E-state index in [4.69, 9.17) is 10.5 Å². The lowest BCUT2D eigenvalue weighted by Crippen LogP contribution is -2.25. The number of aryl methyl sites for hydroxylation is 1. The summed E-state index contributed by atoms with van der Waals surface area (Å²) in [7, 11) is 0. The minimum Gasteiger partial charge on any atom is -0.339 e. The Morgan fingerprint density at radius 1 is 1.26 bits per heavy atom. The average Bonchev–Trinajstić information content (AvgIpc) is 3.20. The Labute approximate surface area is 179 Å². The molecule has 2 heterocycles. The Morgan fingerprint density at radius 3 is 2.84 bits per heavy atom. The van der Waals surface area contributed by atoms with Crippen LogP contribution in [0.3, 0.4) is 0 Å². The molecule has 3 aromatic rings. The van der Waals surface area contributed by atoms with Crippen LogP contribution in [0.15, 0.2) is 42.9 Å². The second kappa shape index (κ2) is 8.64. The van der Waals surface area contributed by atoms with E-state index in [1.807, 2.05) is 36.0 Å². The maximum absolute atomic E-state index is 12.5. The van der Waals surface area contributed by atoms with Gasteiger partial charge < -0.3 is 10.6 Å². The van der Waals surface area contributed by atoms with Gasteiger partial charge in [0.15, 0.2) is 0 Å². The number of nitriles is 2. The third-order valence-electron chi connectivity index (χ3n) is 5.25. The molecule has 1 aliphatic carbocycles. The predicted octanol–water partition coefficient (Wildman–Crippen LogP) is 3.12. The van der Waals surface area contributed by atoms with Crippen LogP contribution < -0.4 is 10.6 Å². The van der Waals surface area contributed by atoms with Crippen molar-refractivity contribution in [1.82, 2.24) is 25.1 Å². The number of carbonyl (C=O) groups is 1. The predicted molar refractivity (Wildman–Crippen MR) is 113 cm³/mol. The van der Waals surface area contributed by atoms with Gasteiger partial charge in [-0.1, -0.05) is 18.2 Å². The highest BCUT2D eigenvalue weighted by Gasteiger charge is 2.30. The van der Waals surface area contributed by atoms with Crippen molar-refractivity contribution in [2.45, 2.75) is 25.8 Å². The minimum atomic E-state index is -0.331. The summed E-state index contributed by atoms with van der Waals surface area (Å²) in [6.45, 7) is 1.81. The molecule has 154 valence electrons.